The van der Waals surface area contributed by atoms with E-state index in [0.717, 1.165) is 10.6 Å². The number of rotatable bonds is 1. The first-order valence-electron chi connectivity index (χ1n) is 5.92. The van der Waals surface area contributed by atoms with Crippen molar-refractivity contribution in [1.29, 1.82) is 0 Å². The molecule has 1 aromatic heterocycles. The Kier molecular flexibility index (Phi) is 2.94. The van der Waals surface area contributed by atoms with Crippen LogP contribution in [0.15, 0.2) is 24.3 Å². The number of carbonyl (C=O) groups is 1. The lowest BCUT2D eigenvalue weighted by Crippen LogP contribution is -2.35. The van der Waals surface area contributed by atoms with E-state index in [1.165, 1.54) is 23.5 Å². The van der Waals surface area contributed by atoms with Gasteiger partial charge in [-0.2, -0.15) is 0 Å². The van der Waals surface area contributed by atoms with Crippen LogP contribution in [-0.2, 0) is 13.0 Å². The average Bonchev–Trinajstić information content (AvgIpc) is 2.76. The highest BCUT2D eigenvalue weighted by Crippen LogP contribution is 2.27. The number of thiazole rings is 1. The molecule has 0 atom stereocenters. The Morgan fingerprint density at radius 1 is 1.47 bits per heavy atom. The third-order valence-corrected chi connectivity index (χ3v) is 4.02. The maximum Gasteiger partial charge on any atom is 0.254 e. The van der Waals surface area contributed by atoms with Crippen molar-refractivity contribution in [1.82, 2.24) is 9.88 Å². The molecule has 2 aromatic rings. The van der Waals surface area contributed by atoms with E-state index < -0.39 is 5.82 Å². The number of halogens is 1. The molecule has 1 aliphatic heterocycles. The van der Waals surface area contributed by atoms with Gasteiger partial charge >= 0.3 is 0 Å². The van der Waals surface area contributed by atoms with Gasteiger partial charge in [0.15, 0.2) is 5.13 Å². The quantitative estimate of drug-likeness (QED) is 0.868. The van der Waals surface area contributed by atoms with Crippen molar-refractivity contribution in [3.8, 4) is 0 Å². The van der Waals surface area contributed by atoms with Gasteiger partial charge in [0.25, 0.3) is 5.91 Å². The number of benzene rings is 1. The lowest BCUT2D eigenvalue weighted by molar-refractivity contribution is 0.0735. The summed E-state index contributed by atoms with van der Waals surface area (Å²) in [6, 6.07) is 5.76. The zero-order valence-corrected chi connectivity index (χ0v) is 10.9. The third kappa shape index (κ3) is 2.31. The number of hydrogen-bond donors (Lipinski definition) is 1. The highest BCUT2D eigenvalue weighted by Gasteiger charge is 2.24. The fourth-order valence-corrected chi connectivity index (χ4v) is 3.09. The molecule has 4 nitrogen and oxygen atoms in total. The van der Waals surface area contributed by atoms with Crippen LogP contribution in [0.2, 0.25) is 0 Å². The fourth-order valence-electron chi connectivity index (χ4n) is 2.19. The van der Waals surface area contributed by atoms with Gasteiger partial charge in [-0.15, -0.1) is 11.3 Å². The van der Waals surface area contributed by atoms with Crippen LogP contribution in [0, 0.1) is 5.82 Å². The molecule has 0 bridgehead atoms. The topological polar surface area (TPSA) is 59.2 Å². The molecule has 0 fully saturated rings. The van der Waals surface area contributed by atoms with Crippen LogP contribution in [0.4, 0.5) is 9.52 Å². The van der Waals surface area contributed by atoms with Crippen molar-refractivity contribution in [3.05, 3.63) is 46.2 Å². The smallest absolute Gasteiger partial charge is 0.254 e. The van der Waals surface area contributed by atoms with Crippen molar-refractivity contribution in [3.63, 3.8) is 0 Å². The monoisotopic (exact) mass is 277 g/mol. The molecule has 2 N–H and O–H groups in total. The van der Waals surface area contributed by atoms with E-state index in [1.807, 2.05) is 0 Å². The highest BCUT2D eigenvalue weighted by atomic mass is 32.1. The number of hydrogen-bond acceptors (Lipinski definition) is 4. The van der Waals surface area contributed by atoms with Crippen LogP contribution in [0.5, 0.6) is 0 Å². The molecular formula is C13H12FN3OS. The molecule has 98 valence electrons. The molecule has 3 rings (SSSR count). The molecule has 1 aromatic carbocycles. The molecule has 1 amide bonds. The van der Waals surface area contributed by atoms with Crippen LogP contribution >= 0.6 is 11.3 Å². The number of nitrogen functional groups attached to an aromatic ring is 1. The first-order valence-corrected chi connectivity index (χ1v) is 6.74. The lowest BCUT2D eigenvalue weighted by atomic mass is 10.1. The summed E-state index contributed by atoms with van der Waals surface area (Å²) < 4.78 is 13.1. The Morgan fingerprint density at radius 2 is 2.32 bits per heavy atom. The summed E-state index contributed by atoms with van der Waals surface area (Å²) >= 11 is 1.41. The molecule has 6 heteroatoms. The number of carbonyl (C=O) groups excluding carboxylic acids is 1. The van der Waals surface area contributed by atoms with Crippen LogP contribution in [0.1, 0.15) is 20.9 Å². The minimum absolute atomic E-state index is 0.155. The second-order valence-electron chi connectivity index (χ2n) is 4.41. The second kappa shape index (κ2) is 4.62. The van der Waals surface area contributed by atoms with Crippen molar-refractivity contribution < 1.29 is 9.18 Å². The summed E-state index contributed by atoms with van der Waals surface area (Å²) in [7, 11) is 0. The standard InChI is InChI=1S/C13H12FN3OS/c14-9-3-1-2-8(6-9)12(18)17-5-4-10-11(7-17)19-13(15)16-10/h1-3,6H,4-5,7H2,(H2,15,16). The van der Waals surface area contributed by atoms with Crippen LogP contribution in [0.25, 0.3) is 0 Å². The van der Waals surface area contributed by atoms with Gasteiger partial charge in [-0.1, -0.05) is 6.07 Å². The van der Waals surface area contributed by atoms with E-state index in [4.69, 9.17) is 5.73 Å². The highest BCUT2D eigenvalue weighted by molar-refractivity contribution is 7.15. The number of anilines is 1. The van der Waals surface area contributed by atoms with E-state index >= 15 is 0 Å². The molecule has 0 unspecified atom stereocenters. The minimum atomic E-state index is -0.398. The maximum absolute atomic E-state index is 13.1. The van der Waals surface area contributed by atoms with E-state index in [-0.39, 0.29) is 5.91 Å². The first kappa shape index (κ1) is 12.1. The first-order chi connectivity index (χ1) is 9.13. The van der Waals surface area contributed by atoms with Crippen molar-refractivity contribution in [2.45, 2.75) is 13.0 Å². The largest absolute Gasteiger partial charge is 0.375 e. The Bertz CT molecular complexity index is 641. The molecule has 2 heterocycles. The summed E-state index contributed by atoms with van der Waals surface area (Å²) in [6.07, 6.45) is 0.699. The van der Waals surface area contributed by atoms with Crippen molar-refractivity contribution in [2.24, 2.45) is 0 Å². The SMILES string of the molecule is Nc1nc2c(s1)CN(C(=O)c1cccc(F)c1)CC2. The molecule has 0 radical (unpaired) electrons. The van der Waals surface area contributed by atoms with Gasteiger partial charge in [0.2, 0.25) is 0 Å². The predicted molar refractivity (Wildman–Crippen MR) is 71.4 cm³/mol. The number of amides is 1. The summed E-state index contributed by atoms with van der Waals surface area (Å²) in [6.45, 7) is 1.09. The van der Waals surface area contributed by atoms with E-state index in [2.05, 4.69) is 4.98 Å². The average molecular weight is 277 g/mol. The summed E-state index contributed by atoms with van der Waals surface area (Å²) in [5.74, 6) is -0.553. The summed E-state index contributed by atoms with van der Waals surface area (Å²) in [4.78, 5) is 19.2. The molecule has 1 aliphatic rings. The lowest BCUT2D eigenvalue weighted by Gasteiger charge is -2.26. The van der Waals surface area contributed by atoms with E-state index in [9.17, 15) is 9.18 Å². The van der Waals surface area contributed by atoms with Crippen LogP contribution in [0.3, 0.4) is 0 Å². The molecule has 19 heavy (non-hydrogen) atoms. The molecule has 0 saturated carbocycles. The molecular weight excluding hydrogens is 265 g/mol. The van der Waals surface area contributed by atoms with Crippen LogP contribution < -0.4 is 5.73 Å². The van der Waals surface area contributed by atoms with Gasteiger partial charge in [0.1, 0.15) is 5.82 Å². The van der Waals surface area contributed by atoms with Gasteiger partial charge in [-0.3, -0.25) is 4.79 Å². The molecule has 0 saturated heterocycles. The third-order valence-electron chi connectivity index (χ3n) is 3.11. The molecule has 0 spiro atoms. The fraction of sp³-hybridized carbons (Fsp3) is 0.231. The Labute approximate surface area is 113 Å². The van der Waals surface area contributed by atoms with Gasteiger partial charge in [-0.05, 0) is 18.2 Å². The second-order valence-corrected chi connectivity index (χ2v) is 5.52. The number of nitrogens with zero attached hydrogens (tertiary/aromatic N) is 2. The zero-order chi connectivity index (χ0) is 13.4. The van der Waals surface area contributed by atoms with Crippen LogP contribution in [-0.4, -0.2) is 22.3 Å². The summed E-state index contributed by atoms with van der Waals surface area (Å²) in [5.41, 5.74) is 7.02. The van der Waals surface area contributed by atoms with Crippen molar-refractivity contribution in [2.75, 3.05) is 12.3 Å². The van der Waals surface area contributed by atoms with Gasteiger partial charge < -0.3 is 10.6 Å². The number of nitrogens with two attached hydrogens (primary N) is 1. The van der Waals surface area contributed by atoms with E-state index in [1.54, 1.807) is 17.0 Å². The normalized spacial score (nSPS) is 14.3. The number of aromatic nitrogens is 1. The maximum atomic E-state index is 13.1. The molecule has 0 aliphatic carbocycles. The van der Waals surface area contributed by atoms with Gasteiger partial charge in [0, 0.05) is 23.4 Å². The minimum Gasteiger partial charge on any atom is -0.375 e. The Hall–Kier alpha value is -1.95. The summed E-state index contributed by atoms with van der Waals surface area (Å²) in [5, 5.41) is 0.532. The van der Waals surface area contributed by atoms with E-state index in [0.29, 0.717) is 30.2 Å². The van der Waals surface area contributed by atoms with Crippen molar-refractivity contribution >= 4 is 22.4 Å². The van der Waals surface area contributed by atoms with Gasteiger partial charge in [-0.25, -0.2) is 9.37 Å². The van der Waals surface area contributed by atoms with Gasteiger partial charge in [0.05, 0.1) is 12.2 Å². The number of fused-ring (bicyclic) bond motifs is 1. The zero-order valence-electron chi connectivity index (χ0n) is 10.1. The predicted octanol–water partition coefficient (Wildman–Crippen LogP) is 2.06. The Morgan fingerprint density at radius 3 is 3.11 bits per heavy atom. The Balaban J connectivity index is 1.83.